The molecule has 0 unspecified atom stereocenters. The van der Waals surface area contributed by atoms with E-state index in [1.807, 2.05) is 65.1 Å². The van der Waals surface area contributed by atoms with Crippen LogP contribution in [0.15, 0.2) is 418 Å². The Bertz CT molecular complexity index is 8140. The molecule has 6 heterocycles. The van der Waals surface area contributed by atoms with Crippen LogP contribution in [0, 0.1) is 0 Å². The Kier molecular flexibility index (Phi) is 16.2. The predicted octanol–water partition coefficient (Wildman–Crippen LogP) is 32.4. The fraction of sp³-hybridized carbons (Fsp3) is 0. The third-order valence-corrected chi connectivity index (χ3v) is 26.0. The lowest BCUT2D eigenvalue weighted by Gasteiger charge is -2.29. The first-order valence-corrected chi connectivity index (χ1v) is 41.9. The van der Waals surface area contributed by atoms with Crippen LogP contribution in [0.25, 0.3) is 207 Å². The lowest BCUT2D eigenvalue weighted by Crippen LogP contribution is -2.11. The summed E-state index contributed by atoms with van der Waals surface area (Å²) in [5, 5.41) is 9.13. The van der Waals surface area contributed by atoms with Crippen molar-refractivity contribution in [2.45, 2.75) is 0 Å². The molecule has 0 aliphatic rings. The number of hydrogen-bond donors (Lipinski definition) is 0. The monoisotopic (exact) mass is 1570 g/mol. The molecular weight excluding hydrogens is 1510 g/mol. The molecule has 0 aliphatic carbocycles. The van der Waals surface area contributed by atoms with E-state index in [1.54, 1.807) is 0 Å². The summed E-state index contributed by atoms with van der Waals surface area (Å²) in [6, 6.07) is 143. The first kappa shape index (κ1) is 68.9. The summed E-state index contributed by atoms with van der Waals surface area (Å²) in [7, 11) is 0. The zero-order valence-corrected chi connectivity index (χ0v) is 66.0. The summed E-state index contributed by atoms with van der Waals surface area (Å²) in [6.45, 7) is 0. The minimum Gasteiger partial charge on any atom is -0.456 e. The van der Waals surface area contributed by atoms with Gasteiger partial charge in [0.25, 0.3) is 0 Å². The Balaban J connectivity index is 0.538. The molecule has 0 atom stereocenters. The van der Waals surface area contributed by atoms with E-state index < -0.39 is 0 Å². The topological polar surface area (TPSA) is 84.8 Å². The Morgan fingerprint density at radius 2 is 0.575 bits per heavy atom. The Morgan fingerprint density at radius 1 is 0.192 bits per heavy atom. The average molecular weight is 1570 g/mol. The van der Waals surface area contributed by atoms with E-state index in [-0.39, 0.29) is 0 Å². The van der Waals surface area contributed by atoms with Gasteiger partial charge in [-0.25, -0.2) is 9.97 Å². The summed E-state index contributed by atoms with van der Waals surface area (Å²) in [5.41, 5.74) is 29.5. The molecule has 6 aromatic heterocycles. The predicted molar refractivity (Wildman–Crippen MR) is 500 cm³/mol. The van der Waals surface area contributed by atoms with Gasteiger partial charge < -0.3 is 27.5 Å². The zero-order valence-electron chi connectivity index (χ0n) is 64.3. The maximum atomic E-state index is 6.77. The van der Waals surface area contributed by atoms with Crippen LogP contribution in [0.2, 0.25) is 0 Å². The fourth-order valence-electron chi connectivity index (χ4n) is 17.6. The van der Waals surface area contributed by atoms with Crippen LogP contribution in [-0.2, 0) is 0 Å². The van der Waals surface area contributed by atoms with Crippen LogP contribution < -0.4 is 9.80 Å². The van der Waals surface area contributed by atoms with Crippen molar-refractivity contribution in [3.8, 4) is 101 Å². The molecule has 24 rings (SSSR count). The molecule has 0 fully saturated rings. The minimum absolute atomic E-state index is 0.528. The molecule has 0 amide bonds. The minimum atomic E-state index is 0.528. The highest BCUT2D eigenvalue weighted by molar-refractivity contribution is 7.26. The molecule has 0 N–H and O–H groups in total. The second-order valence-corrected chi connectivity index (χ2v) is 32.8. The second-order valence-electron chi connectivity index (χ2n) is 30.7. The molecule has 120 heavy (non-hydrogen) atoms. The van der Waals surface area contributed by atoms with Crippen molar-refractivity contribution in [1.29, 1.82) is 0 Å². The summed E-state index contributed by atoms with van der Waals surface area (Å²) >= 11 is 3.71. The van der Waals surface area contributed by atoms with Crippen molar-refractivity contribution in [2.75, 3.05) is 9.80 Å². The van der Waals surface area contributed by atoms with Crippen molar-refractivity contribution in [2.24, 2.45) is 0 Å². The van der Waals surface area contributed by atoms with Crippen LogP contribution in [0.1, 0.15) is 0 Å². The number of oxazole rings is 2. The Morgan fingerprint density at radius 3 is 1.16 bits per heavy atom. The Labute approximate surface area is 696 Å². The number of anilines is 6. The molecule has 0 saturated carbocycles. The van der Waals surface area contributed by atoms with E-state index in [2.05, 4.69) is 368 Å². The van der Waals surface area contributed by atoms with E-state index in [0.717, 1.165) is 150 Å². The zero-order chi connectivity index (χ0) is 78.9. The first-order valence-electron chi connectivity index (χ1n) is 40.3. The molecular formula is C110H66N4O4S2. The van der Waals surface area contributed by atoms with E-state index in [0.29, 0.717) is 28.5 Å². The van der Waals surface area contributed by atoms with Gasteiger partial charge in [-0.15, -0.1) is 22.7 Å². The van der Waals surface area contributed by atoms with Crippen molar-refractivity contribution in [3.63, 3.8) is 0 Å². The standard InChI is InChI=1S/C110H66N4O4S2/c1-4-18-67(19-5-1)75-25-15-27-84(59-75)113(81-51-40-71(41-52-81)85-30-16-32-91-89-28-10-12-34-105(89)119-107(85)91)80-47-36-68(37-48-80)78-45-56-88-95-64-103-97(65-101(95)115-100(88)62-78)112-110(117-103)79-26-14-24-74(58-79)76-46-57-98(93(60-76)70-20-6-2-7-21-70)114(83-53-42-72(43-54-83)86-31-17-33-92-90-29-11-13-35-106(90)120-108(86)92)82-49-38-69(39-50-82)77-44-55-87-94-63-96-104(66-102(94)116-99(87)61-77)118-109(111-96)73-22-8-3-9-23-73/h1-66H. The van der Waals surface area contributed by atoms with Crippen LogP contribution >= 0.6 is 22.7 Å². The molecule has 0 bridgehead atoms. The van der Waals surface area contributed by atoms with Gasteiger partial charge in [0.15, 0.2) is 11.2 Å². The highest BCUT2D eigenvalue weighted by Gasteiger charge is 2.24. The number of hydrogen-bond acceptors (Lipinski definition) is 10. The third kappa shape index (κ3) is 11.9. The number of rotatable bonds is 15. The number of aromatic nitrogens is 2. The summed E-state index contributed by atoms with van der Waals surface area (Å²) in [6.07, 6.45) is 0. The number of benzene rings is 18. The highest BCUT2D eigenvalue weighted by atomic mass is 32.1. The van der Waals surface area contributed by atoms with Gasteiger partial charge in [-0.1, -0.05) is 243 Å². The van der Waals surface area contributed by atoms with Crippen LogP contribution in [0.3, 0.4) is 0 Å². The van der Waals surface area contributed by atoms with E-state index in [9.17, 15) is 0 Å². The van der Waals surface area contributed by atoms with E-state index in [1.165, 1.54) is 62.6 Å². The molecule has 0 aliphatic heterocycles. The SMILES string of the molecule is c1ccc(-c2cccc(N(c3ccc(-c4ccc5c(c4)oc4cc6nc(-c7cccc(-c8ccc(N(c9ccc(-c%10ccc%11c(c%10)oc%10cc%12oc(-c%13ccccc%13)nc%12cc%10%11)cc9)c9ccc(-c%10cccc%11c%10sc%10ccccc%10%11)cc9)c(-c9ccccc9)c8)c7)oc6cc45)cc3)c3ccc(-c4cccc5c4sc4ccccc45)cc3)c2)cc1. The summed E-state index contributed by atoms with van der Waals surface area (Å²) in [4.78, 5) is 14.8. The van der Waals surface area contributed by atoms with Crippen molar-refractivity contribution in [3.05, 3.63) is 400 Å². The molecule has 24 aromatic rings. The summed E-state index contributed by atoms with van der Waals surface area (Å²) < 4.78 is 31.6. The van der Waals surface area contributed by atoms with Gasteiger partial charge >= 0.3 is 0 Å². The molecule has 0 saturated heterocycles. The normalized spacial score (nSPS) is 11.8. The molecule has 8 nitrogen and oxygen atoms in total. The van der Waals surface area contributed by atoms with Crippen molar-refractivity contribution < 1.29 is 17.7 Å². The van der Waals surface area contributed by atoms with Gasteiger partial charge in [-0.3, -0.25) is 0 Å². The van der Waals surface area contributed by atoms with Gasteiger partial charge in [0.1, 0.15) is 33.4 Å². The maximum Gasteiger partial charge on any atom is 0.227 e. The van der Waals surface area contributed by atoms with E-state index >= 15 is 0 Å². The lowest BCUT2D eigenvalue weighted by atomic mass is 9.95. The average Bonchev–Trinajstić information content (AvgIpc) is 1.63. The maximum absolute atomic E-state index is 6.77. The quantitative estimate of drug-likeness (QED) is 0.100. The van der Waals surface area contributed by atoms with Crippen LogP contribution in [0.5, 0.6) is 0 Å². The van der Waals surface area contributed by atoms with Crippen molar-refractivity contribution in [1.82, 2.24) is 9.97 Å². The van der Waals surface area contributed by atoms with Gasteiger partial charge in [0.05, 0.1) is 5.69 Å². The second kappa shape index (κ2) is 28.2. The third-order valence-electron chi connectivity index (χ3n) is 23.6. The van der Waals surface area contributed by atoms with Crippen LogP contribution in [0.4, 0.5) is 34.1 Å². The highest BCUT2D eigenvalue weighted by Crippen LogP contribution is 2.49. The molecule has 562 valence electrons. The van der Waals surface area contributed by atoms with Crippen LogP contribution in [-0.4, -0.2) is 9.97 Å². The number of furan rings is 2. The molecule has 0 spiro atoms. The molecule has 0 radical (unpaired) electrons. The van der Waals surface area contributed by atoms with Gasteiger partial charge in [0, 0.05) is 119 Å². The summed E-state index contributed by atoms with van der Waals surface area (Å²) in [5.74, 6) is 1.11. The Hall–Kier alpha value is -15.5. The largest absolute Gasteiger partial charge is 0.456 e. The van der Waals surface area contributed by atoms with Gasteiger partial charge in [-0.2, -0.15) is 0 Å². The fourth-order valence-corrected chi connectivity index (χ4v) is 20.1. The number of fused-ring (bicyclic) bond motifs is 14. The number of thiophene rings is 2. The van der Waals surface area contributed by atoms with Gasteiger partial charge in [0.2, 0.25) is 11.8 Å². The first-order chi connectivity index (χ1) is 59.4. The molecule has 10 heteroatoms. The number of nitrogens with zero attached hydrogens (tertiary/aromatic N) is 4. The van der Waals surface area contributed by atoms with E-state index in [4.69, 9.17) is 27.6 Å². The van der Waals surface area contributed by atoms with Gasteiger partial charge in [-0.05, 0) is 218 Å². The van der Waals surface area contributed by atoms with Crippen molar-refractivity contribution >= 4 is 163 Å². The smallest absolute Gasteiger partial charge is 0.227 e. The molecule has 18 aromatic carbocycles. The lowest BCUT2D eigenvalue weighted by molar-refractivity contribution is 0.617.